The highest BCUT2D eigenvalue weighted by atomic mass is 16.3. The quantitative estimate of drug-likeness (QED) is 0.760. The van der Waals surface area contributed by atoms with Crippen molar-refractivity contribution in [2.75, 3.05) is 0 Å². The molecule has 1 aromatic carbocycles. The molecule has 2 atom stereocenters. The van der Waals surface area contributed by atoms with Crippen molar-refractivity contribution in [3.63, 3.8) is 0 Å². The summed E-state index contributed by atoms with van der Waals surface area (Å²) in [6.45, 7) is 0. The van der Waals surface area contributed by atoms with Crippen LogP contribution in [-0.2, 0) is 11.2 Å². The van der Waals surface area contributed by atoms with Gasteiger partial charge in [-0.2, -0.15) is 0 Å². The van der Waals surface area contributed by atoms with Gasteiger partial charge >= 0.3 is 0 Å². The lowest BCUT2D eigenvalue weighted by Gasteiger charge is -2.12. The van der Waals surface area contributed by atoms with E-state index < -0.39 is 6.10 Å². The third kappa shape index (κ3) is 1.75. The fourth-order valence-electron chi connectivity index (χ4n) is 1.71. The Balaban J connectivity index is 2.09. The Hall–Kier alpha value is -1.41. The van der Waals surface area contributed by atoms with Gasteiger partial charge in [0.2, 0.25) is 0 Å². The summed E-state index contributed by atoms with van der Waals surface area (Å²) in [5.74, 6) is -0.251. The van der Waals surface area contributed by atoms with Gasteiger partial charge in [0, 0.05) is 0 Å². The van der Waals surface area contributed by atoms with Crippen LogP contribution in [0.2, 0.25) is 0 Å². The van der Waals surface area contributed by atoms with Gasteiger partial charge < -0.3 is 5.11 Å². The summed E-state index contributed by atoms with van der Waals surface area (Å²) in [5.41, 5.74) is 1.09. The molecule has 0 unspecified atom stereocenters. The van der Waals surface area contributed by atoms with Crippen molar-refractivity contribution in [1.29, 1.82) is 0 Å². The summed E-state index contributed by atoms with van der Waals surface area (Å²) >= 11 is 0. The van der Waals surface area contributed by atoms with Gasteiger partial charge in [-0.25, -0.2) is 0 Å². The minimum absolute atomic E-state index is 0.0290. The van der Waals surface area contributed by atoms with Gasteiger partial charge in [0.15, 0.2) is 5.78 Å². The highest BCUT2D eigenvalue weighted by Gasteiger charge is 2.28. The van der Waals surface area contributed by atoms with Gasteiger partial charge in [-0.05, 0) is 18.1 Å². The molecule has 14 heavy (non-hydrogen) atoms. The largest absolute Gasteiger partial charge is 0.388 e. The van der Waals surface area contributed by atoms with E-state index >= 15 is 0 Å². The van der Waals surface area contributed by atoms with Crippen LogP contribution in [0.4, 0.5) is 0 Å². The average molecular weight is 188 g/mol. The normalized spacial score (nSPS) is 25.6. The van der Waals surface area contributed by atoms with E-state index in [9.17, 15) is 9.90 Å². The number of ketones is 1. The van der Waals surface area contributed by atoms with E-state index in [0.29, 0.717) is 6.42 Å². The van der Waals surface area contributed by atoms with Crippen LogP contribution in [0.1, 0.15) is 5.56 Å². The van der Waals surface area contributed by atoms with Gasteiger partial charge in [0.1, 0.15) is 0 Å². The minimum Gasteiger partial charge on any atom is -0.388 e. The summed E-state index contributed by atoms with van der Waals surface area (Å²) in [6, 6.07) is 9.76. The number of carbonyl (C=O) groups excluding carboxylic acids is 1. The van der Waals surface area contributed by atoms with Crippen molar-refractivity contribution in [2.24, 2.45) is 5.92 Å². The number of rotatable bonds is 2. The first kappa shape index (κ1) is 9.16. The predicted molar refractivity (Wildman–Crippen MR) is 53.8 cm³/mol. The van der Waals surface area contributed by atoms with Gasteiger partial charge in [-0.15, -0.1) is 0 Å². The first-order chi connectivity index (χ1) is 6.77. The lowest BCUT2D eigenvalue weighted by atomic mass is 9.95. The summed E-state index contributed by atoms with van der Waals surface area (Å²) in [6.07, 6.45) is 3.05. The molecular weight excluding hydrogens is 176 g/mol. The van der Waals surface area contributed by atoms with Crippen LogP contribution in [0, 0.1) is 5.92 Å². The Morgan fingerprint density at radius 1 is 1.21 bits per heavy atom. The van der Waals surface area contributed by atoms with Crippen LogP contribution in [-0.4, -0.2) is 17.0 Å². The second kappa shape index (κ2) is 3.76. The Morgan fingerprint density at radius 2 is 1.93 bits per heavy atom. The van der Waals surface area contributed by atoms with Crippen LogP contribution in [0.15, 0.2) is 42.5 Å². The summed E-state index contributed by atoms with van der Waals surface area (Å²) in [5, 5.41) is 9.51. The van der Waals surface area contributed by atoms with E-state index in [1.807, 2.05) is 30.3 Å². The Bertz CT molecular complexity index is 354. The fraction of sp³-hybridized carbons (Fsp3) is 0.250. The average Bonchev–Trinajstić information content (AvgIpc) is 2.51. The lowest BCUT2D eigenvalue weighted by molar-refractivity contribution is -0.119. The van der Waals surface area contributed by atoms with Crippen molar-refractivity contribution in [3.05, 3.63) is 48.0 Å². The number of benzene rings is 1. The van der Waals surface area contributed by atoms with E-state index in [2.05, 4.69) is 0 Å². The number of hydrogen-bond donors (Lipinski definition) is 1. The number of aliphatic hydroxyl groups is 1. The highest BCUT2D eigenvalue weighted by Crippen LogP contribution is 2.20. The lowest BCUT2D eigenvalue weighted by Crippen LogP contribution is -2.22. The number of carbonyl (C=O) groups is 1. The second-order valence-corrected chi connectivity index (χ2v) is 3.55. The van der Waals surface area contributed by atoms with E-state index in [1.54, 1.807) is 6.08 Å². The van der Waals surface area contributed by atoms with Gasteiger partial charge in [0.25, 0.3) is 0 Å². The maximum Gasteiger partial charge on any atom is 0.161 e. The van der Waals surface area contributed by atoms with Crippen LogP contribution in [0.5, 0.6) is 0 Å². The molecule has 2 heteroatoms. The van der Waals surface area contributed by atoms with Crippen LogP contribution in [0.3, 0.4) is 0 Å². The molecule has 0 fully saturated rings. The Kier molecular flexibility index (Phi) is 2.46. The number of allylic oxidation sites excluding steroid dienone is 1. The number of hydrogen-bond acceptors (Lipinski definition) is 2. The van der Waals surface area contributed by atoms with Crippen molar-refractivity contribution < 1.29 is 9.90 Å². The summed E-state index contributed by atoms with van der Waals surface area (Å²) in [4.78, 5) is 11.3. The first-order valence-corrected chi connectivity index (χ1v) is 4.71. The predicted octanol–water partition coefficient (Wildman–Crippen LogP) is 1.35. The molecule has 2 nitrogen and oxygen atoms in total. The summed E-state index contributed by atoms with van der Waals surface area (Å²) in [7, 11) is 0. The van der Waals surface area contributed by atoms with E-state index in [4.69, 9.17) is 0 Å². The molecule has 0 saturated heterocycles. The molecule has 2 rings (SSSR count). The third-order valence-corrected chi connectivity index (χ3v) is 2.53. The molecule has 0 saturated carbocycles. The molecule has 1 aliphatic carbocycles. The third-order valence-electron chi connectivity index (χ3n) is 2.53. The topological polar surface area (TPSA) is 37.3 Å². The molecule has 0 heterocycles. The maximum atomic E-state index is 11.3. The van der Waals surface area contributed by atoms with E-state index in [-0.39, 0.29) is 11.7 Å². The fourth-order valence-corrected chi connectivity index (χ4v) is 1.71. The van der Waals surface area contributed by atoms with Gasteiger partial charge in [0.05, 0.1) is 12.0 Å². The zero-order valence-electron chi connectivity index (χ0n) is 7.76. The molecule has 0 spiro atoms. The monoisotopic (exact) mass is 188 g/mol. The molecule has 72 valence electrons. The molecule has 0 aliphatic heterocycles. The second-order valence-electron chi connectivity index (χ2n) is 3.55. The molecule has 1 aromatic rings. The molecular formula is C12H12O2. The first-order valence-electron chi connectivity index (χ1n) is 4.71. The van der Waals surface area contributed by atoms with Crippen LogP contribution < -0.4 is 0 Å². The van der Waals surface area contributed by atoms with Crippen LogP contribution >= 0.6 is 0 Å². The van der Waals surface area contributed by atoms with Gasteiger partial charge in [-0.1, -0.05) is 36.4 Å². The smallest absolute Gasteiger partial charge is 0.161 e. The minimum atomic E-state index is -0.609. The highest BCUT2D eigenvalue weighted by molar-refractivity contribution is 5.95. The molecule has 0 amide bonds. The van der Waals surface area contributed by atoms with E-state index in [0.717, 1.165) is 5.56 Å². The maximum absolute atomic E-state index is 11.3. The van der Waals surface area contributed by atoms with Crippen molar-refractivity contribution >= 4 is 5.78 Å². The molecule has 0 bridgehead atoms. The zero-order valence-corrected chi connectivity index (χ0v) is 7.76. The van der Waals surface area contributed by atoms with E-state index in [1.165, 1.54) is 6.08 Å². The van der Waals surface area contributed by atoms with Crippen molar-refractivity contribution in [3.8, 4) is 0 Å². The Morgan fingerprint density at radius 3 is 2.50 bits per heavy atom. The number of aliphatic hydroxyl groups excluding tert-OH is 1. The SMILES string of the molecule is O=C1C=C[C@@H](O)[C@H]1Cc1ccccc1. The molecule has 0 radical (unpaired) electrons. The van der Waals surface area contributed by atoms with Crippen LogP contribution in [0.25, 0.3) is 0 Å². The van der Waals surface area contributed by atoms with Gasteiger partial charge in [-0.3, -0.25) is 4.79 Å². The Labute approximate surface area is 82.9 Å². The molecule has 1 aliphatic rings. The standard InChI is InChI=1S/C12H12O2/c13-11-6-7-12(14)10(11)8-9-4-2-1-3-5-9/h1-7,10-11,13H,8H2/t10-,11-/m1/s1. The molecule has 0 aromatic heterocycles. The zero-order chi connectivity index (χ0) is 9.97. The van der Waals surface area contributed by atoms with Crippen molar-refractivity contribution in [2.45, 2.75) is 12.5 Å². The molecule has 1 N–H and O–H groups in total. The van der Waals surface area contributed by atoms with Crippen molar-refractivity contribution in [1.82, 2.24) is 0 Å². The summed E-state index contributed by atoms with van der Waals surface area (Å²) < 4.78 is 0.